The second kappa shape index (κ2) is 12.0. The minimum Gasteiger partial charge on any atom is -0.478 e. The highest BCUT2D eigenvalue weighted by molar-refractivity contribution is 8.00. The molecule has 6 nitrogen and oxygen atoms in total. The fourth-order valence-electron chi connectivity index (χ4n) is 2.65. The van der Waals surface area contributed by atoms with E-state index in [1.54, 1.807) is 48.5 Å². The summed E-state index contributed by atoms with van der Waals surface area (Å²) < 4.78 is 0. The average molecular weight is 521 g/mol. The molecule has 0 saturated heterocycles. The van der Waals surface area contributed by atoms with Gasteiger partial charge in [-0.25, -0.2) is 4.79 Å². The quantitative estimate of drug-likeness (QED) is 0.292. The Bertz CT molecular complexity index is 1070. The van der Waals surface area contributed by atoms with Crippen molar-refractivity contribution >= 4 is 75.9 Å². The standard InChI is InChI=1S/C23H18Cl2N2O4S2/c24-15-1-5-19(6-2-15)32-12-21(28)26-17-9-14(23(30)31)10-18(11-17)27-22(29)13-33-20-7-3-16(25)4-8-20/h1-11H,12-13H2,(H,26,28)(H,27,29)(H,30,31). The van der Waals surface area contributed by atoms with E-state index in [1.807, 2.05) is 0 Å². The van der Waals surface area contributed by atoms with Gasteiger partial charge in [0, 0.05) is 31.2 Å². The molecule has 0 bridgehead atoms. The van der Waals surface area contributed by atoms with E-state index in [9.17, 15) is 19.5 Å². The number of carbonyl (C=O) groups is 3. The van der Waals surface area contributed by atoms with Gasteiger partial charge in [0.1, 0.15) is 0 Å². The second-order valence-electron chi connectivity index (χ2n) is 6.69. The van der Waals surface area contributed by atoms with E-state index in [0.717, 1.165) is 9.79 Å². The highest BCUT2D eigenvalue weighted by Gasteiger charge is 2.12. The van der Waals surface area contributed by atoms with E-state index >= 15 is 0 Å². The molecule has 10 heteroatoms. The number of benzene rings is 3. The van der Waals surface area contributed by atoms with Crippen LogP contribution in [-0.2, 0) is 9.59 Å². The Kier molecular flexibility index (Phi) is 9.08. The molecule has 0 fully saturated rings. The van der Waals surface area contributed by atoms with E-state index in [-0.39, 0.29) is 40.3 Å². The lowest BCUT2D eigenvalue weighted by Gasteiger charge is -2.11. The third-order valence-electron chi connectivity index (χ3n) is 4.11. The van der Waals surface area contributed by atoms with Crippen molar-refractivity contribution < 1.29 is 19.5 Å². The third kappa shape index (κ3) is 8.33. The van der Waals surface area contributed by atoms with Gasteiger partial charge in [-0.15, -0.1) is 23.5 Å². The van der Waals surface area contributed by atoms with Crippen LogP contribution in [0.5, 0.6) is 0 Å². The monoisotopic (exact) mass is 520 g/mol. The van der Waals surface area contributed by atoms with Crippen LogP contribution in [0.3, 0.4) is 0 Å². The molecular weight excluding hydrogens is 503 g/mol. The molecule has 0 atom stereocenters. The Morgan fingerprint density at radius 2 is 1.09 bits per heavy atom. The maximum absolute atomic E-state index is 12.3. The van der Waals surface area contributed by atoms with Crippen molar-refractivity contribution in [2.75, 3.05) is 22.1 Å². The topological polar surface area (TPSA) is 95.5 Å². The number of amides is 2. The first-order chi connectivity index (χ1) is 15.8. The Hall–Kier alpha value is -2.65. The summed E-state index contributed by atoms with van der Waals surface area (Å²) in [6, 6.07) is 18.4. The SMILES string of the molecule is O=C(CSc1ccc(Cl)cc1)Nc1cc(NC(=O)CSc2ccc(Cl)cc2)cc(C(=O)O)c1. The van der Waals surface area contributed by atoms with Crippen LogP contribution in [0.15, 0.2) is 76.5 Å². The lowest BCUT2D eigenvalue weighted by Crippen LogP contribution is -2.17. The summed E-state index contributed by atoms with van der Waals surface area (Å²) in [4.78, 5) is 37.9. The van der Waals surface area contributed by atoms with Crippen molar-refractivity contribution in [1.82, 2.24) is 0 Å². The number of carboxylic acids is 1. The van der Waals surface area contributed by atoms with Crippen LogP contribution >= 0.6 is 46.7 Å². The maximum Gasteiger partial charge on any atom is 0.335 e. The van der Waals surface area contributed by atoms with Gasteiger partial charge in [0.2, 0.25) is 11.8 Å². The molecule has 3 aromatic carbocycles. The first-order valence-corrected chi connectivity index (χ1v) is 12.3. The summed E-state index contributed by atoms with van der Waals surface area (Å²) in [6.07, 6.45) is 0. The molecule has 2 amide bonds. The van der Waals surface area contributed by atoms with Gasteiger partial charge in [0.25, 0.3) is 0 Å². The van der Waals surface area contributed by atoms with Gasteiger partial charge in [-0.1, -0.05) is 23.2 Å². The minimum absolute atomic E-state index is 0.0567. The predicted molar refractivity (Wildman–Crippen MR) is 135 cm³/mol. The molecule has 0 aliphatic carbocycles. The van der Waals surface area contributed by atoms with Crippen LogP contribution in [0.1, 0.15) is 10.4 Å². The summed E-state index contributed by atoms with van der Waals surface area (Å²) in [5, 5.41) is 16.0. The Balaban J connectivity index is 1.61. The van der Waals surface area contributed by atoms with Gasteiger partial charge in [-0.3, -0.25) is 9.59 Å². The summed E-state index contributed by atoms with van der Waals surface area (Å²) in [5.74, 6) is -1.55. The number of hydrogen-bond acceptors (Lipinski definition) is 5. The zero-order valence-corrected chi connectivity index (χ0v) is 20.2. The molecular formula is C23H18Cl2N2O4S2. The van der Waals surface area contributed by atoms with Crippen LogP contribution in [0, 0.1) is 0 Å². The lowest BCUT2D eigenvalue weighted by atomic mass is 10.1. The van der Waals surface area contributed by atoms with Crippen LogP contribution in [0.4, 0.5) is 11.4 Å². The molecule has 0 aliphatic heterocycles. The summed E-state index contributed by atoms with van der Waals surface area (Å²) in [5.41, 5.74) is 0.494. The summed E-state index contributed by atoms with van der Waals surface area (Å²) >= 11 is 14.4. The smallest absolute Gasteiger partial charge is 0.335 e. The zero-order valence-electron chi connectivity index (χ0n) is 17.0. The predicted octanol–water partition coefficient (Wildman–Crippen LogP) is 6.15. The number of carboxylic acid groups (broad SMARTS) is 1. The summed E-state index contributed by atoms with van der Waals surface area (Å²) in [6.45, 7) is 0. The van der Waals surface area contributed by atoms with Crippen LogP contribution in [0.2, 0.25) is 10.0 Å². The third-order valence-corrected chi connectivity index (χ3v) is 6.64. The normalized spacial score (nSPS) is 10.5. The number of carbonyl (C=O) groups excluding carboxylic acids is 2. The fraction of sp³-hybridized carbons (Fsp3) is 0.0870. The average Bonchev–Trinajstić information content (AvgIpc) is 2.78. The second-order valence-corrected chi connectivity index (χ2v) is 9.66. The van der Waals surface area contributed by atoms with Crippen molar-refractivity contribution in [1.29, 1.82) is 0 Å². The molecule has 3 rings (SSSR count). The number of nitrogens with one attached hydrogen (secondary N) is 2. The van der Waals surface area contributed by atoms with Gasteiger partial charge >= 0.3 is 5.97 Å². The van der Waals surface area contributed by atoms with Crippen LogP contribution < -0.4 is 10.6 Å². The molecule has 33 heavy (non-hydrogen) atoms. The van der Waals surface area contributed by atoms with E-state index < -0.39 is 5.97 Å². The van der Waals surface area contributed by atoms with Crippen LogP contribution in [-0.4, -0.2) is 34.4 Å². The molecule has 0 unspecified atom stereocenters. The van der Waals surface area contributed by atoms with Gasteiger partial charge in [-0.2, -0.15) is 0 Å². The van der Waals surface area contributed by atoms with Crippen LogP contribution in [0.25, 0.3) is 0 Å². The molecule has 0 aliphatic rings. The minimum atomic E-state index is -1.17. The van der Waals surface area contributed by atoms with Gasteiger partial charge in [0.15, 0.2) is 0 Å². The molecule has 0 spiro atoms. The highest BCUT2D eigenvalue weighted by atomic mass is 35.5. The van der Waals surface area contributed by atoms with Crippen molar-refractivity contribution in [2.24, 2.45) is 0 Å². The molecule has 0 heterocycles. The van der Waals surface area contributed by atoms with Crippen molar-refractivity contribution in [3.8, 4) is 0 Å². The lowest BCUT2D eigenvalue weighted by molar-refractivity contribution is -0.114. The fourth-order valence-corrected chi connectivity index (χ4v) is 4.30. The highest BCUT2D eigenvalue weighted by Crippen LogP contribution is 2.24. The number of thioether (sulfide) groups is 2. The van der Waals surface area contributed by atoms with Gasteiger partial charge in [0.05, 0.1) is 17.1 Å². The van der Waals surface area contributed by atoms with Crippen molar-refractivity contribution in [3.63, 3.8) is 0 Å². The van der Waals surface area contributed by atoms with Gasteiger partial charge < -0.3 is 15.7 Å². The first kappa shape index (κ1) is 25.0. The van der Waals surface area contributed by atoms with E-state index in [0.29, 0.717) is 10.0 Å². The molecule has 0 aromatic heterocycles. The van der Waals surface area contributed by atoms with Crippen molar-refractivity contribution in [2.45, 2.75) is 9.79 Å². The number of rotatable bonds is 9. The summed E-state index contributed by atoms with van der Waals surface area (Å²) in [7, 11) is 0. The number of anilines is 2. The Morgan fingerprint density at radius 3 is 1.45 bits per heavy atom. The zero-order chi connectivity index (χ0) is 23.8. The van der Waals surface area contributed by atoms with E-state index in [2.05, 4.69) is 10.6 Å². The first-order valence-electron chi connectivity index (χ1n) is 9.53. The van der Waals surface area contributed by atoms with Gasteiger partial charge in [-0.05, 0) is 66.7 Å². The van der Waals surface area contributed by atoms with Crippen molar-refractivity contribution in [3.05, 3.63) is 82.3 Å². The Labute approximate surface area is 209 Å². The number of aromatic carboxylic acids is 1. The molecule has 3 N–H and O–H groups in total. The number of hydrogen-bond donors (Lipinski definition) is 3. The van der Waals surface area contributed by atoms with E-state index in [1.165, 1.54) is 41.7 Å². The Morgan fingerprint density at radius 1 is 0.697 bits per heavy atom. The largest absolute Gasteiger partial charge is 0.478 e. The number of halogens is 2. The molecule has 0 radical (unpaired) electrons. The molecule has 3 aromatic rings. The van der Waals surface area contributed by atoms with E-state index in [4.69, 9.17) is 23.2 Å². The molecule has 0 saturated carbocycles. The molecule has 170 valence electrons. The maximum atomic E-state index is 12.3.